The van der Waals surface area contributed by atoms with Gasteiger partial charge in [0.1, 0.15) is 10.8 Å². The highest BCUT2D eigenvalue weighted by Crippen LogP contribution is 2.51. The second-order valence-corrected chi connectivity index (χ2v) is 8.08. The number of nitrogen functional groups attached to an aromatic ring is 1. The molecule has 0 aliphatic carbocycles. The van der Waals surface area contributed by atoms with Gasteiger partial charge in [0.15, 0.2) is 0 Å². The number of alkyl halides is 3. The Bertz CT molecular complexity index is 1040. The van der Waals surface area contributed by atoms with Crippen LogP contribution in [-0.4, -0.2) is 12.1 Å². The molecule has 0 radical (unpaired) electrons. The number of carbonyl (C=O) groups excluding carboxylic acids is 1. The van der Waals surface area contributed by atoms with E-state index in [2.05, 4.69) is 10.6 Å². The third-order valence-electron chi connectivity index (χ3n) is 4.25. The predicted molar refractivity (Wildman–Crippen MR) is 108 cm³/mol. The number of anilines is 3. The van der Waals surface area contributed by atoms with Gasteiger partial charge in [0.2, 0.25) is 0 Å². The predicted octanol–water partition coefficient (Wildman–Crippen LogP) is 5.76. The molecular formula is C19H14F3N3OS2. The molecule has 28 heavy (non-hydrogen) atoms. The fourth-order valence-electron chi connectivity index (χ4n) is 2.98. The number of halogens is 3. The summed E-state index contributed by atoms with van der Waals surface area (Å²) in [6.45, 7) is 0. The summed E-state index contributed by atoms with van der Waals surface area (Å²) in [5.41, 5.74) is 6.66. The van der Waals surface area contributed by atoms with Gasteiger partial charge < -0.3 is 16.4 Å². The average molecular weight is 421 g/mol. The van der Waals surface area contributed by atoms with Crippen LogP contribution in [0, 0.1) is 0 Å². The molecule has 1 atom stereocenters. The fraction of sp³-hybridized carbons (Fsp3) is 0.105. The van der Waals surface area contributed by atoms with Crippen molar-refractivity contribution in [1.29, 1.82) is 0 Å². The van der Waals surface area contributed by atoms with Crippen molar-refractivity contribution in [2.45, 2.75) is 12.1 Å². The van der Waals surface area contributed by atoms with E-state index in [9.17, 15) is 18.0 Å². The first kappa shape index (κ1) is 18.6. The fourth-order valence-corrected chi connectivity index (χ4v) is 4.77. The molecule has 144 valence electrons. The molecule has 4 nitrogen and oxygen atoms in total. The van der Waals surface area contributed by atoms with Crippen molar-refractivity contribution in [2.24, 2.45) is 0 Å². The highest BCUT2D eigenvalue weighted by Gasteiger charge is 2.45. The number of carbonyl (C=O) groups is 1. The first-order chi connectivity index (χ1) is 13.3. The monoisotopic (exact) mass is 421 g/mol. The SMILES string of the molecule is Nc1c(C(=O)Nc2ccccc2)sc2c1[C@H](C(F)(F)F)C=C(c1cccs1)N2. The van der Waals surface area contributed by atoms with Crippen molar-refractivity contribution in [3.63, 3.8) is 0 Å². The van der Waals surface area contributed by atoms with Crippen LogP contribution >= 0.6 is 22.7 Å². The van der Waals surface area contributed by atoms with Crippen molar-refractivity contribution < 1.29 is 18.0 Å². The molecular weight excluding hydrogens is 407 g/mol. The Hall–Kier alpha value is -2.78. The van der Waals surface area contributed by atoms with Crippen LogP contribution < -0.4 is 16.4 Å². The second kappa shape index (κ2) is 6.99. The largest absolute Gasteiger partial charge is 0.399 e. The summed E-state index contributed by atoms with van der Waals surface area (Å²) in [6, 6.07) is 12.2. The van der Waals surface area contributed by atoms with Crippen LogP contribution in [0.1, 0.15) is 26.0 Å². The van der Waals surface area contributed by atoms with Gasteiger partial charge in [0, 0.05) is 11.3 Å². The zero-order chi connectivity index (χ0) is 19.9. The van der Waals surface area contributed by atoms with E-state index in [0.717, 1.165) is 17.4 Å². The summed E-state index contributed by atoms with van der Waals surface area (Å²) in [6.07, 6.45) is -3.40. The molecule has 1 aliphatic rings. The molecule has 9 heteroatoms. The Morgan fingerprint density at radius 1 is 1.14 bits per heavy atom. The summed E-state index contributed by atoms with van der Waals surface area (Å²) in [5.74, 6) is -2.42. The first-order valence-corrected chi connectivity index (χ1v) is 9.92. The molecule has 0 bridgehead atoms. The van der Waals surface area contributed by atoms with Gasteiger partial charge in [-0.05, 0) is 29.7 Å². The van der Waals surface area contributed by atoms with Gasteiger partial charge in [0.25, 0.3) is 5.91 Å². The van der Waals surface area contributed by atoms with Gasteiger partial charge in [0.05, 0.1) is 21.3 Å². The van der Waals surface area contributed by atoms with E-state index in [4.69, 9.17) is 5.73 Å². The van der Waals surface area contributed by atoms with Crippen LogP contribution in [0.15, 0.2) is 53.9 Å². The van der Waals surface area contributed by atoms with E-state index in [1.807, 2.05) is 0 Å². The second-order valence-electron chi connectivity index (χ2n) is 6.11. The highest BCUT2D eigenvalue weighted by atomic mass is 32.1. The molecule has 0 unspecified atom stereocenters. The normalized spacial score (nSPS) is 16.1. The topological polar surface area (TPSA) is 67.2 Å². The van der Waals surface area contributed by atoms with Crippen LogP contribution in [0.2, 0.25) is 0 Å². The Balaban J connectivity index is 1.73. The number of benzene rings is 1. The number of amides is 1. The lowest BCUT2D eigenvalue weighted by atomic mass is 9.94. The maximum Gasteiger partial charge on any atom is 0.399 e. The molecule has 0 fully saturated rings. The van der Waals surface area contributed by atoms with E-state index in [-0.39, 0.29) is 21.1 Å². The molecule has 1 amide bonds. The average Bonchev–Trinajstić information content (AvgIpc) is 3.29. The first-order valence-electron chi connectivity index (χ1n) is 8.22. The number of para-hydroxylation sites is 1. The van der Waals surface area contributed by atoms with Crippen LogP contribution in [-0.2, 0) is 0 Å². The van der Waals surface area contributed by atoms with Crippen LogP contribution in [0.4, 0.5) is 29.5 Å². The molecule has 0 saturated heterocycles. The zero-order valence-electron chi connectivity index (χ0n) is 14.2. The molecule has 4 N–H and O–H groups in total. The number of rotatable bonds is 3. The molecule has 4 rings (SSSR count). The van der Waals surface area contributed by atoms with E-state index in [1.165, 1.54) is 11.3 Å². The van der Waals surface area contributed by atoms with Crippen molar-refractivity contribution in [2.75, 3.05) is 16.4 Å². The summed E-state index contributed by atoms with van der Waals surface area (Å²) < 4.78 is 41.3. The minimum absolute atomic E-state index is 0.0523. The maximum atomic E-state index is 13.8. The number of fused-ring (bicyclic) bond motifs is 1. The zero-order valence-corrected chi connectivity index (χ0v) is 15.8. The quantitative estimate of drug-likeness (QED) is 0.504. The third kappa shape index (κ3) is 3.38. The molecule has 0 spiro atoms. The lowest BCUT2D eigenvalue weighted by Gasteiger charge is -2.25. The Morgan fingerprint density at radius 3 is 2.54 bits per heavy atom. The summed E-state index contributed by atoms with van der Waals surface area (Å²) in [4.78, 5) is 13.3. The molecule has 1 aromatic carbocycles. The van der Waals surface area contributed by atoms with Gasteiger partial charge in [-0.1, -0.05) is 24.3 Å². The van der Waals surface area contributed by atoms with Crippen molar-refractivity contribution in [3.05, 3.63) is 69.2 Å². The number of hydrogen-bond donors (Lipinski definition) is 3. The Morgan fingerprint density at radius 2 is 1.89 bits per heavy atom. The standard InChI is InChI=1S/C19H14F3N3OS2/c20-19(21,22)11-9-12(13-7-4-8-27-13)25-18-14(11)15(23)16(28-18)17(26)24-10-5-2-1-3-6-10/h1-9,11,25H,23H2,(H,24,26)/t11-/m1/s1. The summed E-state index contributed by atoms with van der Waals surface area (Å²) in [5, 5.41) is 7.71. The minimum atomic E-state index is -4.53. The van der Waals surface area contributed by atoms with Crippen LogP contribution in [0.3, 0.4) is 0 Å². The Labute approximate surface area is 166 Å². The lowest BCUT2D eigenvalue weighted by Crippen LogP contribution is -2.24. The molecule has 1 aliphatic heterocycles. The van der Waals surface area contributed by atoms with E-state index < -0.39 is 18.0 Å². The van der Waals surface area contributed by atoms with Crippen LogP contribution in [0.5, 0.6) is 0 Å². The summed E-state index contributed by atoms with van der Waals surface area (Å²) >= 11 is 2.26. The van der Waals surface area contributed by atoms with Crippen molar-refractivity contribution >= 4 is 50.7 Å². The van der Waals surface area contributed by atoms with E-state index in [0.29, 0.717) is 16.3 Å². The number of nitrogens with two attached hydrogens (primary N) is 1. The van der Waals surface area contributed by atoms with Crippen molar-refractivity contribution in [3.8, 4) is 0 Å². The number of thiophene rings is 2. The van der Waals surface area contributed by atoms with Gasteiger partial charge >= 0.3 is 6.18 Å². The van der Waals surface area contributed by atoms with Crippen LogP contribution in [0.25, 0.3) is 5.70 Å². The maximum absolute atomic E-state index is 13.8. The van der Waals surface area contributed by atoms with Gasteiger partial charge in [-0.15, -0.1) is 22.7 Å². The van der Waals surface area contributed by atoms with E-state index >= 15 is 0 Å². The molecule has 0 saturated carbocycles. The Kier molecular flexibility index (Phi) is 4.64. The molecule has 2 aromatic heterocycles. The number of allylic oxidation sites excluding steroid dienone is 1. The third-order valence-corrected chi connectivity index (χ3v) is 6.29. The van der Waals surface area contributed by atoms with Gasteiger partial charge in [-0.3, -0.25) is 4.79 Å². The minimum Gasteiger partial charge on any atom is -0.397 e. The van der Waals surface area contributed by atoms with Gasteiger partial charge in [-0.2, -0.15) is 13.2 Å². The number of hydrogen-bond acceptors (Lipinski definition) is 5. The lowest BCUT2D eigenvalue weighted by molar-refractivity contribution is -0.139. The number of nitrogens with one attached hydrogen (secondary N) is 2. The summed E-state index contributed by atoms with van der Waals surface area (Å²) in [7, 11) is 0. The van der Waals surface area contributed by atoms with E-state index in [1.54, 1.807) is 47.8 Å². The van der Waals surface area contributed by atoms with Crippen molar-refractivity contribution in [1.82, 2.24) is 0 Å². The smallest absolute Gasteiger partial charge is 0.397 e. The highest BCUT2D eigenvalue weighted by molar-refractivity contribution is 7.19. The van der Waals surface area contributed by atoms with Gasteiger partial charge in [-0.25, -0.2) is 0 Å². The molecule has 3 heterocycles. The molecule has 3 aromatic rings.